The molecule has 0 aliphatic carbocycles. The Bertz CT molecular complexity index is 931. The Balaban J connectivity index is 1.59. The summed E-state index contributed by atoms with van der Waals surface area (Å²) in [5, 5.41) is 11.8. The second kappa shape index (κ2) is 9.01. The highest BCUT2D eigenvalue weighted by Crippen LogP contribution is 2.22. The van der Waals surface area contributed by atoms with Crippen LogP contribution in [0.3, 0.4) is 0 Å². The topological polar surface area (TPSA) is 88.8 Å². The van der Waals surface area contributed by atoms with Crippen LogP contribution in [0.4, 0.5) is 0 Å². The van der Waals surface area contributed by atoms with E-state index in [4.69, 9.17) is 9.15 Å². The standard InChI is InChI=1S/C22H21NO5/c1-15-7-9-17(10-8-15)19-11-12-20(28-19)21(24)23-18(22(25)26)14-27-13-16-5-3-2-4-6-16/h2-12,18H,13-14H2,1H3,(H,23,24)(H,25,26)/t18-/m0/s1. The van der Waals surface area contributed by atoms with Crippen molar-refractivity contribution in [3.05, 3.63) is 83.6 Å². The fourth-order valence-electron chi connectivity index (χ4n) is 2.61. The van der Waals surface area contributed by atoms with Crippen molar-refractivity contribution in [2.45, 2.75) is 19.6 Å². The Morgan fingerprint density at radius 2 is 1.75 bits per heavy atom. The molecule has 2 N–H and O–H groups in total. The van der Waals surface area contributed by atoms with Gasteiger partial charge in [-0.1, -0.05) is 60.2 Å². The van der Waals surface area contributed by atoms with Crippen LogP contribution in [0.5, 0.6) is 0 Å². The molecule has 3 rings (SSSR count). The van der Waals surface area contributed by atoms with Crippen LogP contribution in [0.2, 0.25) is 0 Å². The number of carboxylic acid groups (broad SMARTS) is 1. The summed E-state index contributed by atoms with van der Waals surface area (Å²) >= 11 is 0. The highest BCUT2D eigenvalue weighted by atomic mass is 16.5. The average Bonchev–Trinajstić information content (AvgIpc) is 3.19. The van der Waals surface area contributed by atoms with Crippen molar-refractivity contribution < 1.29 is 23.8 Å². The maximum Gasteiger partial charge on any atom is 0.328 e. The summed E-state index contributed by atoms with van der Waals surface area (Å²) in [4.78, 5) is 23.8. The molecule has 0 saturated carbocycles. The Kier molecular flexibility index (Phi) is 6.24. The van der Waals surface area contributed by atoms with Crippen molar-refractivity contribution in [2.24, 2.45) is 0 Å². The highest BCUT2D eigenvalue weighted by molar-refractivity contribution is 5.94. The van der Waals surface area contributed by atoms with E-state index in [0.29, 0.717) is 5.76 Å². The zero-order chi connectivity index (χ0) is 19.9. The van der Waals surface area contributed by atoms with Crippen molar-refractivity contribution in [3.8, 4) is 11.3 Å². The van der Waals surface area contributed by atoms with Crippen molar-refractivity contribution >= 4 is 11.9 Å². The summed E-state index contributed by atoms with van der Waals surface area (Å²) in [7, 11) is 0. The number of ether oxygens (including phenoxy) is 1. The lowest BCUT2D eigenvalue weighted by atomic mass is 10.1. The van der Waals surface area contributed by atoms with Gasteiger partial charge in [0.1, 0.15) is 5.76 Å². The third kappa shape index (κ3) is 5.08. The number of carbonyl (C=O) groups is 2. The van der Waals surface area contributed by atoms with Crippen molar-refractivity contribution in [3.63, 3.8) is 0 Å². The van der Waals surface area contributed by atoms with E-state index in [1.807, 2.05) is 61.5 Å². The van der Waals surface area contributed by atoms with Gasteiger partial charge in [0.25, 0.3) is 5.91 Å². The summed E-state index contributed by atoms with van der Waals surface area (Å²) in [6, 6.07) is 19.1. The molecular weight excluding hydrogens is 358 g/mol. The molecule has 1 heterocycles. The van der Waals surface area contributed by atoms with Gasteiger partial charge >= 0.3 is 5.97 Å². The van der Waals surface area contributed by atoms with E-state index in [0.717, 1.165) is 16.7 Å². The quantitative estimate of drug-likeness (QED) is 0.624. The number of hydrogen-bond acceptors (Lipinski definition) is 4. The number of carbonyl (C=O) groups excluding carboxylic acids is 1. The van der Waals surface area contributed by atoms with Crippen molar-refractivity contribution in [1.29, 1.82) is 0 Å². The molecule has 0 aliphatic rings. The van der Waals surface area contributed by atoms with E-state index >= 15 is 0 Å². The van der Waals surface area contributed by atoms with Gasteiger partial charge < -0.3 is 19.6 Å². The molecular formula is C22H21NO5. The monoisotopic (exact) mass is 379 g/mol. The third-order valence-corrected chi connectivity index (χ3v) is 4.17. The molecule has 6 nitrogen and oxygen atoms in total. The van der Waals surface area contributed by atoms with Crippen LogP contribution in [0.25, 0.3) is 11.3 Å². The summed E-state index contributed by atoms with van der Waals surface area (Å²) in [5.41, 5.74) is 2.88. The maximum absolute atomic E-state index is 12.4. The zero-order valence-electron chi connectivity index (χ0n) is 15.4. The van der Waals surface area contributed by atoms with E-state index in [1.54, 1.807) is 6.07 Å². The third-order valence-electron chi connectivity index (χ3n) is 4.17. The number of nitrogens with one attached hydrogen (secondary N) is 1. The average molecular weight is 379 g/mol. The van der Waals surface area contributed by atoms with Gasteiger partial charge in [0.15, 0.2) is 11.8 Å². The molecule has 2 aromatic carbocycles. The van der Waals surface area contributed by atoms with Crippen LogP contribution in [0.15, 0.2) is 71.1 Å². The highest BCUT2D eigenvalue weighted by Gasteiger charge is 2.23. The normalized spacial score (nSPS) is 11.8. The van der Waals surface area contributed by atoms with Crippen molar-refractivity contribution in [1.82, 2.24) is 5.32 Å². The first kappa shape index (κ1) is 19.4. The Hall–Kier alpha value is -3.38. The van der Waals surface area contributed by atoms with Crippen LogP contribution in [0, 0.1) is 6.92 Å². The minimum absolute atomic E-state index is 0.0462. The second-order valence-electron chi connectivity index (χ2n) is 6.39. The van der Waals surface area contributed by atoms with E-state index in [-0.39, 0.29) is 19.0 Å². The largest absolute Gasteiger partial charge is 0.480 e. The SMILES string of the molecule is Cc1ccc(-c2ccc(C(=O)N[C@@H](COCc3ccccc3)C(=O)O)o2)cc1. The lowest BCUT2D eigenvalue weighted by Gasteiger charge is -2.14. The molecule has 1 amide bonds. The smallest absolute Gasteiger partial charge is 0.328 e. The minimum atomic E-state index is -1.18. The molecule has 0 bridgehead atoms. The van der Waals surface area contributed by atoms with Crippen LogP contribution in [0.1, 0.15) is 21.7 Å². The summed E-state index contributed by atoms with van der Waals surface area (Å²) in [6.45, 7) is 2.09. The van der Waals surface area contributed by atoms with Gasteiger partial charge in [-0.2, -0.15) is 0 Å². The fraction of sp³-hybridized carbons (Fsp3) is 0.182. The molecule has 0 saturated heterocycles. The van der Waals surface area contributed by atoms with E-state index in [1.165, 1.54) is 6.07 Å². The number of amides is 1. The lowest BCUT2D eigenvalue weighted by Crippen LogP contribution is -2.43. The number of furan rings is 1. The maximum atomic E-state index is 12.4. The Morgan fingerprint density at radius 1 is 1.04 bits per heavy atom. The fourth-order valence-corrected chi connectivity index (χ4v) is 2.61. The molecule has 3 aromatic rings. The number of hydrogen-bond donors (Lipinski definition) is 2. The van der Waals surface area contributed by atoms with Crippen LogP contribution >= 0.6 is 0 Å². The molecule has 0 spiro atoms. The molecule has 0 fully saturated rings. The van der Waals surface area contributed by atoms with Crippen LogP contribution in [-0.2, 0) is 16.1 Å². The molecule has 6 heteroatoms. The number of aliphatic carboxylic acids is 1. The molecule has 0 unspecified atom stereocenters. The van der Waals surface area contributed by atoms with Gasteiger partial charge in [-0.3, -0.25) is 4.79 Å². The van der Waals surface area contributed by atoms with Crippen LogP contribution < -0.4 is 5.32 Å². The van der Waals surface area contributed by atoms with Crippen molar-refractivity contribution in [2.75, 3.05) is 6.61 Å². The Morgan fingerprint density at radius 3 is 2.43 bits per heavy atom. The number of aryl methyl sites for hydroxylation is 1. The van der Waals surface area contributed by atoms with Crippen LogP contribution in [-0.4, -0.2) is 29.6 Å². The van der Waals surface area contributed by atoms with Gasteiger partial charge in [-0.25, -0.2) is 4.79 Å². The van der Waals surface area contributed by atoms with E-state index in [2.05, 4.69) is 5.32 Å². The first-order valence-electron chi connectivity index (χ1n) is 8.85. The predicted molar refractivity (Wildman–Crippen MR) is 104 cm³/mol. The van der Waals surface area contributed by atoms with E-state index < -0.39 is 17.9 Å². The molecule has 28 heavy (non-hydrogen) atoms. The van der Waals surface area contributed by atoms with Gasteiger partial charge in [-0.15, -0.1) is 0 Å². The summed E-state index contributed by atoms with van der Waals surface area (Å²) in [6.07, 6.45) is 0. The first-order valence-corrected chi connectivity index (χ1v) is 8.85. The summed E-state index contributed by atoms with van der Waals surface area (Å²) in [5.74, 6) is -1.19. The molecule has 1 atom stereocenters. The number of rotatable bonds is 8. The predicted octanol–water partition coefficient (Wildman–Crippen LogP) is 3.65. The Labute approximate surface area is 162 Å². The first-order chi connectivity index (χ1) is 13.5. The van der Waals surface area contributed by atoms with Gasteiger partial charge in [0.2, 0.25) is 0 Å². The molecule has 144 valence electrons. The number of benzene rings is 2. The number of carboxylic acids is 1. The summed E-state index contributed by atoms with van der Waals surface area (Å²) < 4.78 is 11.0. The van der Waals surface area contributed by atoms with Gasteiger partial charge in [-0.05, 0) is 24.6 Å². The van der Waals surface area contributed by atoms with Gasteiger partial charge in [0.05, 0.1) is 13.2 Å². The van der Waals surface area contributed by atoms with Gasteiger partial charge in [0, 0.05) is 5.56 Å². The molecule has 1 aromatic heterocycles. The zero-order valence-corrected chi connectivity index (χ0v) is 15.4. The van der Waals surface area contributed by atoms with E-state index in [9.17, 15) is 14.7 Å². The molecule has 0 radical (unpaired) electrons. The minimum Gasteiger partial charge on any atom is -0.480 e. The molecule has 0 aliphatic heterocycles. The lowest BCUT2D eigenvalue weighted by molar-refractivity contribution is -0.141. The second-order valence-corrected chi connectivity index (χ2v) is 6.39.